The van der Waals surface area contributed by atoms with Gasteiger partial charge in [0.15, 0.2) is 0 Å². The average molecular weight is 112 g/mol. The monoisotopic (exact) mass is 112 g/mol. The maximum atomic E-state index is 3.41. The molecule has 2 fully saturated rings. The molecule has 46 valence electrons. The zero-order chi connectivity index (χ0) is 5.40. The molecule has 1 saturated carbocycles. The molecule has 0 radical (unpaired) electrons. The molecule has 8 heavy (non-hydrogen) atoms. The van der Waals surface area contributed by atoms with Gasteiger partial charge in [-0.2, -0.15) is 0 Å². The van der Waals surface area contributed by atoms with Crippen molar-refractivity contribution in [2.45, 2.75) is 19.0 Å². The molecule has 0 spiro atoms. The predicted octanol–water partition coefficient (Wildman–Crippen LogP) is -0.0847. The molecule has 2 aliphatic rings. The average Bonchev–Trinajstić information content (AvgIpc) is 2.49. The molecule has 2 rings (SSSR count). The Kier molecular flexibility index (Phi) is 1.02. The number of rotatable bonds is 1. The van der Waals surface area contributed by atoms with Crippen LogP contribution in [0.2, 0.25) is 0 Å². The summed E-state index contributed by atoms with van der Waals surface area (Å²) in [7, 11) is 0. The van der Waals surface area contributed by atoms with Gasteiger partial charge in [0.05, 0.1) is 6.17 Å². The van der Waals surface area contributed by atoms with E-state index < -0.39 is 0 Å². The van der Waals surface area contributed by atoms with Crippen LogP contribution >= 0.6 is 0 Å². The van der Waals surface area contributed by atoms with Crippen molar-refractivity contribution in [3.8, 4) is 0 Å². The van der Waals surface area contributed by atoms with Gasteiger partial charge >= 0.3 is 0 Å². The fourth-order valence-corrected chi connectivity index (χ4v) is 1.29. The van der Waals surface area contributed by atoms with Gasteiger partial charge in [-0.3, -0.25) is 0 Å². The standard InChI is InChI=1S/C6H12N2/c1-2-5(1)6-7-3-4-8-6/h5-8H,1-4H2. The molecular weight excluding hydrogens is 100 g/mol. The normalized spacial score (nSPS) is 31.5. The van der Waals surface area contributed by atoms with Gasteiger partial charge in [-0.15, -0.1) is 0 Å². The van der Waals surface area contributed by atoms with E-state index in [4.69, 9.17) is 0 Å². The minimum absolute atomic E-state index is 0.676. The summed E-state index contributed by atoms with van der Waals surface area (Å²) in [5.74, 6) is 0.970. The number of hydrogen-bond donors (Lipinski definition) is 2. The topological polar surface area (TPSA) is 24.1 Å². The van der Waals surface area contributed by atoms with Crippen LogP contribution in [-0.4, -0.2) is 19.3 Å². The van der Waals surface area contributed by atoms with E-state index in [0.717, 1.165) is 5.92 Å². The second kappa shape index (κ2) is 1.71. The summed E-state index contributed by atoms with van der Waals surface area (Å²) >= 11 is 0. The van der Waals surface area contributed by atoms with Gasteiger partial charge in [0, 0.05) is 13.1 Å². The van der Waals surface area contributed by atoms with Crippen molar-refractivity contribution < 1.29 is 0 Å². The summed E-state index contributed by atoms with van der Waals surface area (Å²) in [6.07, 6.45) is 3.55. The minimum atomic E-state index is 0.676. The molecule has 0 aromatic rings. The maximum Gasteiger partial charge on any atom is 0.0601 e. The van der Waals surface area contributed by atoms with Gasteiger partial charge in [-0.25, -0.2) is 0 Å². The molecule has 0 unspecified atom stereocenters. The summed E-state index contributed by atoms with van der Waals surface area (Å²) in [6.45, 7) is 2.34. The molecule has 2 heteroatoms. The van der Waals surface area contributed by atoms with E-state index in [2.05, 4.69) is 10.6 Å². The quantitative estimate of drug-likeness (QED) is 0.495. The smallest absolute Gasteiger partial charge is 0.0601 e. The fraction of sp³-hybridized carbons (Fsp3) is 1.00. The van der Waals surface area contributed by atoms with Crippen molar-refractivity contribution in [3.05, 3.63) is 0 Å². The van der Waals surface area contributed by atoms with Crippen molar-refractivity contribution in [3.63, 3.8) is 0 Å². The first-order chi connectivity index (χ1) is 3.97. The van der Waals surface area contributed by atoms with Gasteiger partial charge in [0.2, 0.25) is 0 Å². The second-order valence-corrected chi connectivity index (χ2v) is 2.72. The van der Waals surface area contributed by atoms with Crippen LogP contribution in [0.5, 0.6) is 0 Å². The lowest BCUT2D eigenvalue weighted by Crippen LogP contribution is -2.32. The summed E-state index contributed by atoms with van der Waals surface area (Å²) in [4.78, 5) is 0. The molecular formula is C6H12N2. The number of nitrogens with one attached hydrogen (secondary N) is 2. The van der Waals surface area contributed by atoms with Gasteiger partial charge < -0.3 is 10.6 Å². The molecule has 0 amide bonds. The van der Waals surface area contributed by atoms with Gasteiger partial charge in [-0.05, 0) is 18.8 Å². The highest BCUT2D eigenvalue weighted by Gasteiger charge is 2.32. The Balaban J connectivity index is 1.86. The van der Waals surface area contributed by atoms with E-state index in [9.17, 15) is 0 Å². The zero-order valence-corrected chi connectivity index (χ0v) is 4.98. The third-order valence-corrected chi connectivity index (χ3v) is 1.95. The maximum absolute atomic E-state index is 3.41. The van der Waals surface area contributed by atoms with Crippen LogP contribution in [0.4, 0.5) is 0 Å². The second-order valence-electron chi connectivity index (χ2n) is 2.72. The van der Waals surface area contributed by atoms with Crippen LogP contribution in [-0.2, 0) is 0 Å². The van der Waals surface area contributed by atoms with E-state index in [1.165, 1.54) is 25.9 Å². The van der Waals surface area contributed by atoms with Crippen molar-refractivity contribution in [2.75, 3.05) is 13.1 Å². The third-order valence-electron chi connectivity index (χ3n) is 1.95. The van der Waals surface area contributed by atoms with Crippen LogP contribution in [0.25, 0.3) is 0 Å². The Labute approximate surface area is 49.7 Å². The minimum Gasteiger partial charge on any atom is -0.300 e. The summed E-state index contributed by atoms with van der Waals surface area (Å²) in [5.41, 5.74) is 0. The molecule has 0 aromatic carbocycles. The van der Waals surface area contributed by atoms with Crippen LogP contribution < -0.4 is 10.6 Å². The van der Waals surface area contributed by atoms with Gasteiger partial charge in [0.1, 0.15) is 0 Å². The van der Waals surface area contributed by atoms with Crippen molar-refractivity contribution in [1.29, 1.82) is 0 Å². The van der Waals surface area contributed by atoms with Crippen molar-refractivity contribution in [2.24, 2.45) is 5.92 Å². The Morgan fingerprint density at radius 2 is 1.62 bits per heavy atom. The highest BCUT2D eigenvalue weighted by Crippen LogP contribution is 2.31. The lowest BCUT2D eigenvalue weighted by molar-refractivity contribution is 0.493. The molecule has 2 N–H and O–H groups in total. The summed E-state index contributed by atoms with van der Waals surface area (Å²) in [5, 5.41) is 6.81. The third kappa shape index (κ3) is 0.740. The first kappa shape index (κ1) is 4.77. The molecule has 1 aliphatic carbocycles. The highest BCUT2D eigenvalue weighted by atomic mass is 15.2. The SMILES string of the molecule is C1CNC(C2CC2)N1. The lowest BCUT2D eigenvalue weighted by Gasteiger charge is -2.06. The van der Waals surface area contributed by atoms with E-state index in [-0.39, 0.29) is 0 Å². The molecule has 1 saturated heterocycles. The van der Waals surface area contributed by atoms with Crippen molar-refractivity contribution in [1.82, 2.24) is 10.6 Å². The summed E-state index contributed by atoms with van der Waals surface area (Å²) in [6, 6.07) is 0. The first-order valence-electron chi connectivity index (χ1n) is 3.43. The first-order valence-corrected chi connectivity index (χ1v) is 3.43. The molecule has 0 bridgehead atoms. The Morgan fingerprint density at radius 1 is 1.00 bits per heavy atom. The Morgan fingerprint density at radius 3 is 2.12 bits per heavy atom. The Hall–Kier alpha value is -0.0800. The van der Waals surface area contributed by atoms with Gasteiger partial charge in [0.25, 0.3) is 0 Å². The largest absolute Gasteiger partial charge is 0.300 e. The molecule has 0 aromatic heterocycles. The van der Waals surface area contributed by atoms with Crippen LogP contribution in [0.1, 0.15) is 12.8 Å². The number of hydrogen-bond acceptors (Lipinski definition) is 2. The molecule has 1 aliphatic heterocycles. The van der Waals surface area contributed by atoms with Crippen LogP contribution in [0.3, 0.4) is 0 Å². The fourth-order valence-electron chi connectivity index (χ4n) is 1.29. The predicted molar refractivity (Wildman–Crippen MR) is 32.5 cm³/mol. The van der Waals surface area contributed by atoms with E-state index >= 15 is 0 Å². The van der Waals surface area contributed by atoms with Crippen molar-refractivity contribution >= 4 is 0 Å². The highest BCUT2D eigenvalue weighted by molar-refractivity contribution is 4.87. The Bertz CT molecular complexity index is 82.5. The molecule has 2 nitrogen and oxygen atoms in total. The zero-order valence-electron chi connectivity index (χ0n) is 4.98. The lowest BCUT2D eigenvalue weighted by atomic mass is 10.3. The van der Waals surface area contributed by atoms with Crippen LogP contribution in [0.15, 0.2) is 0 Å². The summed E-state index contributed by atoms with van der Waals surface area (Å²) < 4.78 is 0. The van der Waals surface area contributed by atoms with E-state index in [0.29, 0.717) is 6.17 Å². The van der Waals surface area contributed by atoms with E-state index in [1.54, 1.807) is 0 Å². The van der Waals surface area contributed by atoms with Crippen LogP contribution in [0, 0.1) is 5.92 Å². The molecule has 0 atom stereocenters. The van der Waals surface area contributed by atoms with E-state index in [1.807, 2.05) is 0 Å². The van der Waals surface area contributed by atoms with Gasteiger partial charge in [-0.1, -0.05) is 0 Å². The molecule has 1 heterocycles.